The summed E-state index contributed by atoms with van der Waals surface area (Å²) in [5, 5.41) is 4.23. The lowest BCUT2D eigenvalue weighted by atomic mass is 10.0. The lowest BCUT2D eigenvalue weighted by Gasteiger charge is -2.20. The van der Waals surface area contributed by atoms with Crippen LogP contribution in [-0.2, 0) is 6.16 Å². The molecular weight excluding hydrogens is 426 g/mol. The smallest absolute Gasteiger partial charge is 0.129 e. The van der Waals surface area contributed by atoms with E-state index in [0.717, 1.165) is 33.5 Å². The molecule has 0 bridgehead atoms. The highest BCUT2D eigenvalue weighted by Gasteiger charge is 2.15. The fourth-order valence-corrected chi connectivity index (χ4v) is 6.99. The Bertz CT molecular complexity index is 1120. The van der Waals surface area contributed by atoms with Crippen molar-refractivity contribution in [3.05, 3.63) is 107 Å². The normalized spacial score (nSPS) is 15.9. The Balaban J connectivity index is 1.58. The number of hydrogen-bond donors (Lipinski definition) is 0. The first-order valence-corrected chi connectivity index (χ1v) is 13.5. The first-order chi connectivity index (χ1) is 15.6. The molecule has 0 amide bonds. The number of benzene rings is 3. The summed E-state index contributed by atoms with van der Waals surface area (Å²) in [5.74, 6) is 1.54. The Morgan fingerprint density at radius 2 is 1.75 bits per heavy atom. The van der Waals surface area contributed by atoms with E-state index in [1.807, 2.05) is 0 Å². The first kappa shape index (κ1) is 23.0. The van der Waals surface area contributed by atoms with Crippen LogP contribution in [0.2, 0.25) is 0 Å². The van der Waals surface area contributed by atoms with Crippen LogP contribution in [-0.4, -0.2) is 6.61 Å². The maximum absolute atomic E-state index is 6.47. The minimum Gasteiger partial charge on any atom is -0.492 e. The molecule has 3 atom stereocenters. The summed E-state index contributed by atoms with van der Waals surface area (Å²) >= 11 is 0. The molecule has 0 aliphatic heterocycles. The van der Waals surface area contributed by atoms with Crippen LogP contribution in [0.5, 0.6) is 5.75 Å². The second-order valence-electron chi connectivity index (χ2n) is 8.53. The van der Waals surface area contributed by atoms with Gasteiger partial charge in [-0.1, -0.05) is 96.1 Å². The number of allylic oxidation sites excluding steroid dienone is 3. The van der Waals surface area contributed by atoms with Gasteiger partial charge in [-0.05, 0) is 72.3 Å². The summed E-state index contributed by atoms with van der Waals surface area (Å²) < 4.78 is 6.47. The van der Waals surface area contributed by atoms with Gasteiger partial charge in [-0.3, -0.25) is 0 Å². The van der Waals surface area contributed by atoms with E-state index in [-0.39, 0.29) is 0 Å². The van der Waals surface area contributed by atoms with Crippen molar-refractivity contribution in [1.29, 1.82) is 0 Å². The summed E-state index contributed by atoms with van der Waals surface area (Å²) in [6, 6.07) is 22.2. The molecule has 0 saturated heterocycles. The topological polar surface area (TPSA) is 9.23 Å². The zero-order chi connectivity index (χ0) is 22.3. The molecule has 1 nitrogen and oxygen atoms in total. The number of ether oxygens (including phenoxy) is 1. The molecule has 1 aliphatic carbocycles. The van der Waals surface area contributed by atoms with Gasteiger partial charge in [0, 0.05) is 11.2 Å². The van der Waals surface area contributed by atoms with Crippen molar-refractivity contribution >= 4 is 33.1 Å². The van der Waals surface area contributed by atoms with Crippen LogP contribution in [0.4, 0.5) is 0 Å². The molecule has 4 rings (SSSR count). The molecule has 0 aromatic heterocycles. The number of hydrogen-bond acceptors (Lipinski definition) is 1. The third kappa shape index (κ3) is 5.98. The van der Waals surface area contributed by atoms with Crippen molar-refractivity contribution < 1.29 is 4.74 Å². The molecule has 0 fully saturated rings. The van der Waals surface area contributed by atoms with Crippen molar-refractivity contribution in [3.63, 3.8) is 0 Å². The molecule has 0 saturated carbocycles. The van der Waals surface area contributed by atoms with Crippen LogP contribution in [0.1, 0.15) is 28.7 Å². The van der Waals surface area contributed by atoms with Crippen molar-refractivity contribution in [2.75, 3.05) is 6.61 Å². The SMILES string of the molecule is Cc1cc(C)c(OCC2C=CC=CC2)c(Pc2c(C)cccc2CPc2ccccc2)c1. The van der Waals surface area contributed by atoms with Crippen LogP contribution in [0.25, 0.3) is 0 Å². The molecule has 0 N–H and O–H groups in total. The van der Waals surface area contributed by atoms with E-state index < -0.39 is 0 Å². The van der Waals surface area contributed by atoms with E-state index in [9.17, 15) is 0 Å². The van der Waals surface area contributed by atoms with Crippen LogP contribution in [0.15, 0.2) is 85.0 Å². The van der Waals surface area contributed by atoms with Crippen molar-refractivity contribution in [2.45, 2.75) is 33.4 Å². The van der Waals surface area contributed by atoms with E-state index in [1.54, 1.807) is 0 Å². The summed E-state index contributed by atoms with van der Waals surface area (Å²) in [6.07, 6.45) is 10.9. The van der Waals surface area contributed by atoms with Gasteiger partial charge in [0.25, 0.3) is 0 Å². The van der Waals surface area contributed by atoms with E-state index in [1.165, 1.54) is 38.2 Å². The summed E-state index contributed by atoms with van der Waals surface area (Å²) in [7, 11) is 1.39. The fraction of sp³-hybridized carbons (Fsp3) is 0.241. The third-order valence-corrected chi connectivity index (χ3v) is 8.71. The average Bonchev–Trinajstić information content (AvgIpc) is 2.80. The van der Waals surface area contributed by atoms with Crippen molar-refractivity contribution in [3.8, 4) is 5.75 Å². The number of aryl methyl sites for hydroxylation is 3. The van der Waals surface area contributed by atoms with Gasteiger partial charge in [0.15, 0.2) is 0 Å². The lowest BCUT2D eigenvalue weighted by molar-refractivity contribution is 0.276. The highest BCUT2D eigenvalue weighted by molar-refractivity contribution is 7.56. The minimum atomic E-state index is 0.456. The van der Waals surface area contributed by atoms with E-state index in [4.69, 9.17) is 4.74 Å². The summed E-state index contributed by atoms with van der Waals surface area (Å²) in [5.41, 5.74) is 5.39. The average molecular weight is 459 g/mol. The Hall–Kier alpha value is -2.20. The fourth-order valence-electron chi connectivity index (χ4n) is 4.13. The molecule has 0 spiro atoms. The Morgan fingerprint density at radius 1 is 0.906 bits per heavy atom. The molecule has 32 heavy (non-hydrogen) atoms. The van der Waals surface area contributed by atoms with Gasteiger partial charge in [-0.25, -0.2) is 0 Å². The largest absolute Gasteiger partial charge is 0.492 e. The van der Waals surface area contributed by atoms with Crippen LogP contribution < -0.4 is 20.7 Å². The summed E-state index contributed by atoms with van der Waals surface area (Å²) in [6.45, 7) is 7.36. The van der Waals surface area contributed by atoms with Gasteiger partial charge in [0.05, 0.1) is 6.61 Å². The zero-order valence-corrected chi connectivity index (χ0v) is 21.2. The van der Waals surface area contributed by atoms with Gasteiger partial charge in [-0.2, -0.15) is 0 Å². The van der Waals surface area contributed by atoms with Crippen molar-refractivity contribution in [2.24, 2.45) is 5.92 Å². The van der Waals surface area contributed by atoms with Gasteiger partial charge in [0.1, 0.15) is 5.75 Å². The molecule has 3 aromatic carbocycles. The van der Waals surface area contributed by atoms with Crippen LogP contribution in [0.3, 0.4) is 0 Å². The van der Waals surface area contributed by atoms with Gasteiger partial charge >= 0.3 is 0 Å². The third-order valence-electron chi connectivity index (χ3n) is 5.81. The Labute approximate surface area is 196 Å². The Morgan fingerprint density at radius 3 is 2.53 bits per heavy atom. The quantitative estimate of drug-likeness (QED) is 0.362. The second kappa shape index (κ2) is 11.1. The van der Waals surface area contributed by atoms with Gasteiger partial charge < -0.3 is 4.74 Å². The molecule has 1 aliphatic rings. The predicted molar refractivity (Wildman–Crippen MR) is 145 cm³/mol. The molecule has 164 valence electrons. The maximum atomic E-state index is 6.47. The number of rotatable bonds is 8. The maximum Gasteiger partial charge on any atom is 0.129 e. The molecule has 3 heteroatoms. The lowest BCUT2D eigenvalue weighted by Crippen LogP contribution is -2.18. The monoisotopic (exact) mass is 458 g/mol. The molecule has 0 heterocycles. The highest BCUT2D eigenvalue weighted by atomic mass is 31.1. The van der Waals surface area contributed by atoms with E-state index in [2.05, 4.69) is 106 Å². The van der Waals surface area contributed by atoms with Crippen LogP contribution in [0, 0.1) is 26.7 Å². The van der Waals surface area contributed by atoms with E-state index >= 15 is 0 Å². The molecular formula is C29H32OP2. The van der Waals surface area contributed by atoms with Gasteiger partial charge in [0.2, 0.25) is 0 Å². The van der Waals surface area contributed by atoms with Crippen molar-refractivity contribution in [1.82, 2.24) is 0 Å². The summed E-state index contributed by atoms with van der Waals surface area (Å²) in [4.78, 5) is 0. The van der Waals surface area contributed by atoms with Crippen LogP contribution >= 0.6 is 17.2 Å². The highest BCUT2D eigenvalue weighted by Crippen LogP contribution is 2.29. The second-order valence-corrected chi connectivity index (χ2v) is 11.1. The first-order valence-electron chi connectivity index (χ1n) is 11.3. The van der Waals surface area contributed by atoms with E-state index in [0.29, 0.717) is 14.5 Å². The molecule has 3 aromatic rings. The predicted octanol–water partition coefficient (Wildman–Crippen LogP) is 6.26. The zero-order valence-electron chi connectivity index (χ0n) is 19.2. The molecule has 0 radical (unpaired) electrons. The minimum absolute atomic E-state index is 0.456. The standard InChI is InChI=1S/C29H32OP2/c1-21-17-23(3)28(30-19-24-12-6-4-7-13-24)27(18-21)32-29-22(2)11-10-14-25(29)20-31-26-15-8-5-9-16-26/h4-12,14-18,24,31-32H,13,19-20H2,1-3H3. The molecule has 3 unspecified atom stereocenters. The Kier molecular flexibility index (Phi) is 7.96. The van der Waals surface area contributed by atoms with Gasteiger partial charge in [-0.15, -0.1) is 0 Å².